The van der Waals surface area contributed by atoms with E-state index in [1.807, 2.05) is 22.7 Å². The maximum Gasteiger partial charge on any atom is 0.250 e. The molecule has 0 radical (unpaired) electrons. The van der Waals surface area contributed by atoms with E-state index < -0.39 is 16.1 Å². The zero-order valence-corrected chi connectivity index (χ0v) is 24.5. The molecular formula is C24H31ClN4O4S4. The van der Waals surface area contributed by atoms with Gasteiger partial charge in [0, 0.05) is 60.0 Å². The molecule has 3 saturated heterocycles. The summed E-state index contributed by atoms with van der Waals surface area (Å²) in [5.74, 6) is 1.90. The fourth-order valence-electron chi connectivity index (χ4n) is 5.19. The van der Waals surface area contributed by atoms with Crippen molar-refractivity contribution < 1.29 is 18.0 Å². The molecule has 0 aromatic carbocycles. The minimum absolute atomic E-state index is 0.00565. The van der Waals surface area contributed by atoms with Crippen LogP contribution in [0.25, 0.3) is 9.75 Å². The number of likely N-dealkylation sites (tertiary alicyclic amines) is 2. The Morgan fingerprint density at radius 1 is 1.00 bits per heavy atom. The molecule has 8 nitrogen and oxygen atoms in total. The first-order valence-electron chi connectivity index (χ1n) is 12.6. The number of nitrogens with zero attached hydrogens (tertiary/aromatic N) is 3. The van der Waals surface area contributed by atoms with Crippen LogP contribution in [0.1, 0.15) is 25.7 Å². The molecule has 2 amide bonds. The first-order chi connectivity index (χ1) is 17.8. The third kappa shape index (κ3) is 6.54. The summed E-state index contributed by atoms with van der Waals surface area (Å²) in [5.41, 5.74) is 0. The number of sulfonamides is 1. The molecule has 0 unspecified atom stereocenters. The first-order valence-corrected chi connectivity index (χ1v) is 17.2. The number of carbonyl (C=O) groups excluding carboxylic acids is 2. The SMILES string of the molecule is O=C1[C@@H](NS(=O)(=O)c2ccc(-c3ccc(Cl)s3)s2)CCCN1CC(=O)N1CCC[C@H]1CN1CCSCC1. The van der Waals surface area contributed by atoms with Gasteiger partial charge in [-0.1, -0.05) is 11.6 Å². The number of rotatable bonds is 8. The summed E-state index contributed by atoms with van der Waals surface area (Å²) in [6, 6.07) is 6.27. The van der Waals surface area contributed by atoms with Gasteiger partial charge in [0.1, 0.15) is 10.3 Å². The van der Waals surface area contributed by atoms with Crippen LogP contribution < -0.4 is 4.72 Å². The Bertz CT molecular complexity index is 1230. The number of thiophene rings is 2. The molecule has 0 aliphatic carbocycles. The lowest BCUT2D eigenvalue weighted by Crippen LogP contribution is -2.55. The van der Waals surface area contributed by atoms with Gasteiger partial charge in [-0.15, -0.1) is 22.7 Å². The van der Waals surface area contributed by atoms with Gasteiger partial charge in [-0.3, -0.25) is 14.5 Å². The summed E-state index contributed by atoms with van der Waals surface area (Å²) in [5, 5.41) is 0. The molecule has 2 atom stereocenters. The number of carbonyl (C=O) groups is 2. The molecule has 0 spiro atoms. The standard InChI is InChI=1S/C24H31ClN4O4S4/c25-21-7-5-19(35-21)20-6-8-23(36-20)37(32,33)26-18-4-2-9-28(24(18)31)16-22(30)29-10-1-3-17(29)15-27-11-13-34-14-12-27/h5-8,17-18,26H,1-4,9-16H2/t17-,18-/m0/s1. The van der Waals surface area contributed by atoms with E-state index in [-0.39, 0.29) is 28.6 Å². The summed E-state index contributed by atoms with van der Waals surface area (Å²) in [6.45, 7) is 4.20. The zero-order chi connectivity index (χ0) is 26.0. The summed E-state index contributed by atoms with van der Waals surface area (Å²) >= 11 is 10.5. The minimum atomic E-state index is -3.88. The van der Waals surface area contributed by atoms with Crippen molar-refractivity contribution >= 4 is 67.9 Å². The fourth-order valence-corrected chi connectivity index (χ4v) is 9.84. The second kappa shape index (κ2) is 11.9. The molecule has 3 fully saturated rings. The highest BCUT2D eigenvalue weighted by molar-refractivity contribution is 7.99. The molecule has 5 heterocycles. The van der Waals surface area contributed by atoms with Crippen LogP contribution in [0.5, 0.6) is 0 Å². The monoisotopic (exact) mass is 602 g/mol. The van der Waals surface area contributed by atoms with Crippen LogP contribution in [-0.2, 0) is 19.6 Å². The van der Waals surface area contributed by atoms with Crippen LogP contribution >= 0.6 is 46.0 Å². The van der Waals surface area contributed by atoms with Gasteiger partial charge in [0.2, 0.25) is 11.8 Å². The molecule has 13 heteroatoms. The van der Waals surface area contributed by atoms with E-state index in [4.69, 9.17) is 11.6 Å². The largest absolute Gasteiger partial charge is 0.337 e. The van der Waals surface area contributed by atoms with Gasteiger partial charge in [-0.25, -0.2) is 8.42 Å². The van der Waals surface area contributed by atoms with Crippen molar-refractivity contribution in [1.82, 2.24) is 19.4 Å². The van der Waals surface area contributed by atoms with Gasteiger partial charge in [0.25, 0.3) is 10.0 Å². The second-order valence-corrected chi connectivity index (χ2v) is 15.6. The van der Waals surface area contributed by atoms with Gasteiger partial charge in [0.05, 0.1) is 10.9 Å². The predicted octanol–water partition coefficient (Wildman–Crippen LogP) is 3.44. The third-order valence-electron chi connectivity index (χ3n) is 7.09. The number of piperidine rings is 1. The van der Waals surface area contributed by atoms with Crippen LogP contribution in [0.3, 0.4) is 0 Å². The van der Waals surface area contributed by atoms with E-state index in [0.717, 1.165) is 71.6 Å². The highest BCUT2D eigenvalue weighted by Crippen LogP contribution is 2.37. The van der Waals surface area contributed by atoms with E-state index in [1.54, 1.807) is 18.2 Å². The van der Waals surface area contributed by atoms with E-state index in [9.17, 15) is 18.0 Å². The molecule has 1 N–H and O–H groups in total. The van der Waals surface area contributed by atoms with Crippen LogP contribution in [-0.4, -0.2) is 97.8 Å². The molecule has 3 aliphatic heterocycles. The Morgan fingerprint density at radius 3 is 2.49 bits per heavy atom. The third-order valence-corrected chi connectivity index (χ3v) is 12.5. The number of hydrogen-bond acceptors (Lipinski definition) is 8. The number of hydrogen-bond donors (Lipinski definition) is 1. The van der Waals surface area contributed by atoms with Crippen LogP contribution in [0.2, 0.25) is 4.34 Å². The van der Waals surface area contributed by atoms with E-state index in [0.29, 0.717) is 23.7 Å². The summed E-state index contributed by atoms with van der Waals surface area (Å²) in [4.78, 5) is 34.1. The van der Waals surface area contributed by atoms with E-state index in [1.165, 1.54) is 16.2 Å². The quantitative estimate of drug-likeness (QED) is 0.498. The normalized spacial score (nSPS) is 23.6. The molecule has 202 valence electrons. The van der Waals surface area contributed by atoms with Crippen molar-refractivity contribution in [2.24, 2.45) is 0 Å². The molecule has 2 aromatic rings. The molecule has 2 aromatic heterocycles. The highest BCUT2D eigenvalue weighted by atomic mass is 35.5. The number of thioether (sulfide) groups is 1. The molecule has 0 saturated carbocycles. The Kier molecular flexibility index (Phi) is 8.84. The summed E-state index contributed by atoms with van der Waals surface area (Å²) in [6.07, 6.45) is 3.04. The maximum atomic E-state index is 13.2. The highest BCUT2D eigenvalue weighted by Gasteiger charge is 2.36. The van der Waals surface area contributed by atoms with E-state index in [2.05, 4.69) is 9.62 Å². The first kappa shape index (κ1) is 27.4. The Labute approximate surface area is 235 Å². The van der Waals surface area contributed by atoms with E-state index >= 15 is 0 Å². The van der Waals surface area contributed by atoms with Crippen molar-refractivity contribution in [2.75, 3.05) is 50.8 Å². The van der Waals surface area contributed by atoms with Gasteiger partial charge in [-0.2, -0.15) is 16.5 Å². The van der Waals surface area contributed by atoms with Crippen molar-refractivity contribution in [3.05, 3.63) is 28.6 Å². The van der Waals surface area contributed by atoms with Gasteiger partial charge >= 0.3 is 0 Å². The fraction of sp³-hybridized carbons (Fsp3) is 0.583. The smallest absolute Gasteiger partial charge is 0.250 e. The molecule has 0 bridgehead atoms. The van der Waals surface area contributed by atoms with Gasteiger partial charge in [-0.05, 0) is 49.9 Å². The Morgan fingerprint density at radius 2 is 1.73 bits per heavy atom. The van der Waals surface area contributed by atoms with Crippen LogP contribution in [0.15, 0.2) is 28.5 Å². The number of halogens is 1. The minimum Gasteiger partial charge on any atom is -0.337 e. The Balaban J connectivity index is 1.19. The maximum absolute atomic E-state index is 13.2. The summed E-state index contributed by atoms with van der Waals surface area (Å²) < 4.78 is 29.6. The van der Waals surface area contributed by atoms with Crippen molar-refractivity contribution in [3.8, 4) is 9.75 Å². The lowest BCUT2D eigenvalue weighted by molar-refractivity contribution is -0.143. The lowest BCUT2D eigenvalue weighted by Gasteiger charge is -2.35. The average molecular weight is 603 g/mol. The molecule has 37 heavy (non-hydrogen) atoms. The molecule has 3 aliphatic rings. The van der Waals surface area contributed by atoms with Crippen LogP contribution in [0, 0.1) is 0 Å². The second-order valence-electron chi connectivity index (χ2n) is 9.59. The lowest BCUT2D eigenvalue weighted by atomic mass is 10.1. The van der Waals surface area contributed by atoms with Crippen molar-refractivity contribution in [2.45, 2.75) is 42.0 Å². The predicted molar refractivity (Wildman–Crippen MR) is 151 cm³/mol. The molecule has 5 rings (SSSR count). The van der Waals surface area contributed by atoms with Crippen molar-refractivity contribution in [1.29, 1.82) is 0 Å². The van der Waals surface area contributed by atoms with Gasteiger partial charge in [0.15, 0.2) is 0 Å². The zero-order valence-electron chi connectivity index (χ0n) is 20.4. The number of amides is 2. The number of nitrogens with one attached hydrogen (secondary N) is 1. The molecular weight excluding hydrogens is 572 g/mol. The van der Waals surface area contributed by atoms with Crippen molar-refractivity contribution in [3.63, 3.8) is 0 Å². The van der Waals surface area contributed by atoms with Gasteiger partial charge < -0.3 is 9.80 Å². The summed E-state index contributed by atoms with van der Waals surface area (Å²) in [7, 11) is -3.88. The average Bonchev–Trinajstić information content (AvgIpc) is 3.63. The Hall–Kier alpha value is -1.15. The van der Waals surface area contributed by atoms with Crippen LogP contribution in [0.4, 0.5) is 0 Å². The topological polar surface area (TPSA) is 90.0 Å².